The molecule has 0 aliphatic heterocycles. The van der Waals surface area contributed by atoms with Crippen LogP contribution in [0.4, 0.5) is 0 Å². The minimum absolute atomic E-state index is 0.0435. The number of aliphatic hydroxyl groups excluding tert-OH is 1. The van der Waals surface area contributed by atoms with Gasteiger partial charge in [-0.05, 0) is 172 Å². The molecule has 0 fully saturated rings. The summed E-state index contributed by atoms with van der Waals surface area (Å²) < 4.78 is 0. The highest BCUT2D eigenvalue weighted by atomic mass is 16.4. The normalized spacial score (nSPS) is 15.4. The third-order valence-electron chi connectivity index (χ3n) is 17.0. The van der Waals surface area contributed by atoms with Gasteiger partial charge in [0.25, 0.3) is 0 Å². The molecule has 35 heteroatoms. The van der Waals surface area contributed by atoms with Crippen LogP contribution in [-0.2, 0) is 73.5 Å². The van der Waals surface area contributed by atoms with Crippen molar-refractivity contribution < 1.29 is 87.5 Å². The Morgan fingerprint density at radius 2 is 0.673 bits per heavy atom. The van der Waals surface area contributed by atoms with Crippen molar-refractivity contribution in [3.63, 3.8) is 0 Å². The maximum Gasteiger partial charge on any atom is 0.326 e. The summed E-state index contributed by atoms with van der Waals surface area (Å²) in [6.45, 7) is 17.8. The molecule has 26 N–H and O–H groups in total. The zero-order valence-corrected chi connectivity index (χ0v) is 62.2. The third kappa shape index (κ3) is 35.2. The zero-order valence-electron chi connectivity index (χ0n) is 62.2. The number of aliphatic carboxylic acids is 2. The molecule has 1 aromatic rings. The molecule has 0 bridgehead atoms. The predicted octanol–water partition coefficient (Wildman–Crippen LogP) is -3.02. The number of aliphatic hydroxyl groups is 1. The standard InChI is InChI=1S/C69H121N17O18/c1-36(2)34-50(64(98)85-55(39(7)8)69(103)104)81-67(101)54(38(5)6)84-65(99)51(35-43-24-26-44(88)27-25-43)82-68(102)56(42(11)87)86-58(92)41(10)75-57(91)40(9)76-66(100)53(37(3)4)83-63(97)49(28-29-52(89)90)80-62(96)48(23-15-19-33-73)79-61(95)47(22-14-18-32-72)78-60(94)46(21-13-17-31-71)77-59(93)45(74)20-12-16-30-70/h24-27,36-42,45-51,53-56,87-88H,12-23,28-35,70-74H2,1-11H3,(H,75,91)(H,76,100)(H,77,93)(H,78,94)(H,79,95)(H,80,96)(H,81,101)(H,82,102)(H,83,97)(H,84,99)(H,85,98)(H,86,92)(H,89,90)(H,103,104)/t40-,41-,42+,45-,46-,47-,48-,49-,50-,51-,53-,54-,55-,56-/m0/s1. The van der Waals surface area contributed by atoms with Gasteiger partial charge in [-0.1, -0.05) is 73.9 Å². The summed E-state index contributed by atoms with van der Waals surface area (Å²) in [6, 6.07) is -12.4. The number of carbonyl (C=O) groups is 14. The van der Waals surface area contributed by atoms with E-state index in [-0.39, 0.29) is 63.3 Å². The van der Waals surface area contributed by atoms with Crippen LogP contribution in [-0.4, -0.2) is 214 Å². The van der Waals surface area contributed by atoms with E-state index in [0.717, 1.165) is 6.92 Å². The molecular weight excluding hydrogens is 1350 g/mol. The van der Waals surface area contributed by atoms with Crippen molar-refractivity contribution in [3.8, 4) is 5.75 Å². The lowest BCUT2D eigenvalue weighted by Gasteiger charge is -2.30. The number of rotatable bonds is 52. The lowest BCUT2D eigenvalue weighted by atomic mass is 9.98. The quantitative estimate of drug-likeness (QED) is 0.0289. The van der Waals surface area contributed by atoms with E-state index in [1.807, 2.05) is 0 Å². The molecule has 0 saturated carbocycles. The van der Waals surface area contributed by atoms with E-state index < -0.39 is 198 Å². The first-order valence-corrected chi connectivity index (χ1v) is 35.9. The molecule has 12 amide bonds. The lowest BCUT2D eigenvalue weighted by Crippen LogP contribution is -2.62. The SMILES string of the molecule is CC(C)C[C@H](NC(=O)[C@@H](NC(=O)[C@H](Cc1ccc(O)cc1)NC(=O)[C@@H](NC(=O)[C@H](C)NC(=O)[C@H](C)NC(=O)[C@@H](NC(=O)[C@H](CCC(=O)O)NC(=O)[C@H](CCCCN)NC(=O)[C@H](CCCCN)NC(=O)[C@H](CCCCN)NC(=O)[C@@H](N)CCCCN)C(C)C)[C@@H](C)O)C(C)C)C(=O)N[C@H](C(=O)O)C(C)C. The second-order valence-corrected chi connectivity index (χ2v) is 27.8. The predicted molar refractivity (Wildman–Crippen MR) is 386 cm³/mol. The Kier molecular flexibility index (Phi) is 44.1. The first kappa shape index (κ1) is 93.4. The molecule has 0 saturated heterocycles. The molecular formula is C69H121N17O18. The van der Waals surface area contributed by atoms with E-state index >= 15 is 0 Å². The van der Waals surface area contributed by atoms with Gasteiger partial charge in [0.2, 0.25) is 70.9 Å². The summed E-state index contributed by atoms with van der Waals surface area (Å²) in [5.74, 6) is -15.4. The summed E-state index contributed by atoms with van der Waals surface area (Å²) in [4.78, 5) is 191. The van der Waals surface area contributed by atoms with Gasteiger partial charge < -0.3 is 113 Å². The Bertz CT molecular complexity index is 2940. The molecule has 590 valence electrons. The van der Waals surface area contributed by atoms with Gasteiger partial charge in [-0.25, -0.2) is 4.79 Å². The van der Waals surface area contributed by atoms with Gasteiger partial charge in [0, 0.05) is 12.8 Å². The number of hydrogen-bond acceptors (Lipinski definition) is 21. The molecule has 0 aromatic heterocycles. The van der Waals surface area contributed by atoms with Crippen LogP contribution in [0.3, 0.4) is 0 Å². The van der Waals surface area contributed by atoms with E-state index in [1.165, 1.54) is 52.0 Å². The number of carboxylic acids is 2. The van der Waals surface area contributed by atoms with E-state index in [0.29, 0.717) is 70.0 Å². The zero-order chi connectivity index (χ0) is 79.1. The van der Waals surface area contributed by atoms with Gasteiger partial charge in [0.15, 0.2) is 0 Å². The maximum absolute atomic E-state index is 14.3. The first-order valence-electron chi connectivity index (χ1n) is 35.9. The monoisotopic (exact) mass is 1480 g/mol. The second-order valence-electron chi connectivity index (χ2n) is 27.8. The Morgan fingerprint density at radius 1 is 0.356 bits per heavy atom. The number of benzene rings is 1. The largest absolute Gasteiger partial charge is 0.508 e. The van der Waals surface area contributed by atoms with Crippen LogP contribution in [0.5, 0.6) is 5.75 Å². The molecule has 0 spiro atoms. The van der Waals surface area contributed by atoms with Crippen molar-refractivity contribution in [2.24, 2.45) is 52.3 Å². The summed E-state index contributed by atoms with van der Waals surface area (Å²) in [6.07, 6.45) is 1.07. The Hall–Kier alpha value is -8.64. The number of hydrogen-bond donors (Lipinski definition) is 21. The highest BCUT2D eigenvalue weighted by Crippen LogP contribution is 2.16. The number of amides is 12. The molecule has 104 heavy (non-hydrogen) atoms. The minimum Gasteiger partial charge on any atom is -0.508 e. The molecule has 35 nitrogen and oxygen atoms in total. The number of nitrogens with two attached hydrogens (primary N) is 5. The summed E-state index contributed by atoms with van der Waals surface area (Å²) in [5.41, 5.74) is 29.4. The highest BCUT2D eigenvalue weighted by Gasteiger charge is 2.39. The Balaban J connectivity index is 3.45. The van der Waals surface area contributed by atoms with Crippen molar-refractivity contribution >= 4 is 82.8 Å². The molecule has 0 heterocycles. The maximum atomic E-state index is 14.3. The van der Waals surface area contributed by atoms with Gasteiger partial charge >= 0.3 is 11.9 Å². The number of unbranched alkanes of at least 4 members (excludes halogenated alkanes) is 4. The summed E-state index contributed by atoms with van der Waals surface area (Å²) in [7, 11) is 0. The van der Waals surface area contributed by atoms with E-state index in [4.69, 9.17) is 28.7 Å². The Morgan fingerprint density at radius 3 is 1.07 bits per heavy atom. The topological polar surface area (TPSA) is 594 Å². The fourth-order valence-electron chi connectivity index (χ4n) is 10.7. The van der Waals surface area contributed by atoms with Crippen molar-refractivity contribution in [1.82, 2.24) is 63.8 Å². The van der Waals surface area contributed by atoms with Crippen LogP contribution in [0.15, 0.2) is 24.3 Å². The van der Waals surface area contributed by atoms with Crippen LogP contribution in [0.25, 0.3) is 0 Å². The summed E-state index contributed by atoms with van der Waals surface area (Å²) in [5, 5.41) is 71.0. The fourth-order valence-corrected chi connectivity index (χ4v) is 10.7. The smallest absolute Gasteiger partial charge is 0.326 e. The van der Waals surface area contributed by atoms with Gasteiger partial charge in [-0.3, -0.25) is 62.3 Å². The number of phenolic OH excluding ortho intramolecular Hbond substituents is 1. The average molecular weight is 1480 g/mol. The van der Waals surface area contributed by atoms with Crippen molar-refractivity contribution in [3.05, 3.63) is 29.8 Å². The summed E-state index contributed by atoms with van der Waals surface area (Å²) >= 11 is 0. The molecule has 0 radical (unpaired) electrons. The van der Waals surface area contributed by atoms with Crippen molar-refractivity contribution in [1.29, 1.82) is 0 Å². The highest BCUT2D eigenvalue weighted by molar-refractivity contribution is 6.00. The number of carbonyl (C=O) groups excluding carboxylic acids is 12. The number of aromatic hydroxyl groups is 1. The van der Waals surface area contributed by atoms with Gasteiger partial charge in [0.1, 0.15) is 78.3 Å². The first-order chi connectivity index (χ1) is 48.8. The fraction of sp³-hybridized carbons (Fsp3) is 0.710. The van der Waals surface area contributed by atoms with Crippen LogP contribution in [0.1, 0.15) is 178 Å². The van der Waals surface area contributed by atoms with Crippen LogP contribution in [0, 0.1) is 23.7 Å². The number of carboxylic acid groups (broad SMARTS) is 2. The molecule has 0 unspecified atom stereocenters. The van der Waals surface area contributed by atoms with E-state index in [1.54, 1.807) is 41.5 Å². The van der Waals surface area contributed by atoms with Crippen molar-refractivity contribution in [2.75, 3.05) is 26.2 Å². The molecule has 1 aromatic carbocycles. The van der Waals surface area contributed by atoms with E-state index in [2.05, 4.69) is 63.8 Å². The number of nitrogens with one attached hydrogen (secondary N) is 12. The Labute approximate surface area is 609 Å². The third-order valence-corrected chi connectivity index (χ3v) is 17.0. The van der Waals surface area contributed by atoms with Gasteiger partial charge in [0.05, 0.1) is 12.1 Å². The lowest BCUT2D eigenvalue weighted by molar-refractivity contribution is -0.143. The van der Waals surface area contributed by atoms with E-state index in [9.17, 15) is 87.5 Å². The van der Waals surface area contributed by atoms with Crippen LogP contribution in [0.2, 0.25) is 0 Å². The van der Waals surface area contributed by atoms with Crippen LogP contribution < -0.4 is 92.5 Å². The second kappa shape index (κ2) is 49.1. The minimum atomic E-state index is -1.81. The van der Waals surface area contributed by atoms with Crippen LogP contribution >= 0.6 is 0 Å². The van der Waals surface area contributed by atoms with Gasteiger partial charge in [-0.2, -0.15) is 0 Å². The number of phenols is 1. The van der Waals surface area contributed by atoms with Crippen molar-refractivity contribution in [2.45, 2.75) is 264 Å². The molecule has 0 aliphatic rings. The molecule has 0 aliphatic carbocycles. The molecule has 14 atom stereocenters. The average Bonchev–Trinajstić information content (AvgIpc) is 0.849. The molecule has 1 rings (SSSR count). The van der Waals surface area contributed by atoms with Gasteiger partial charge in [-0.15, -0.1) is 0 Å².